The lowest BCUT2D eigenvalue weighted by molar-refractivity contribution is 0.324. The van der Waals surface area contributed by atoms with Gasteiger partial charge in [0.05, 0.1) is 35.5 Å². The fourth-order valence-corrected chi connectivity index (χ4v) is 7.42. The standard InChI is InChI=1S/C23H31NO5S2/c1-14-9-16(12-19(27-6)21(14)28-7)23(24(2)3)30-13-20(31-23)15-10-17(25-4)22(29-8)18(11-15)26-5/h9-12,20H,13H2,1-8H3. The smallest absolute Gasteiger partial charge is 0.203 e. The number of hydrogen-bond donors (Lipinski definition) is 0. The molecule has 0 aliphatic carbocycles. The van der Waals surface area contributed by atoms with Crippen molar-refractivity contribution in [2.45, 2.75) is 16.4 Å². The number of benzene rings is 2. The second-order valence-corrected chi connectivity index (χ2v) is 10.2. The predicted octanol–water partition coefficient (Wildman–Crippen LogP) is 4.93. The van der Waals surface area contributed by atoms with Gasteiger partial charge in [0.25, 0.3) is 0 Å². The number of nitrogens with zero attached hydrogens (tertiary/aromatic N) is 1. The monoisotopic (exact) mass is 465 g/mol. The van der Waals surface area contributed by atoms with Crippen molar-refractivity contribution in [3.63, 3.8) is 0 Å². The van der Waals surface area contributed by atoms with Gasteiger partial charge in [0.15, 0.2) is 23.0 Å². The molecule has 0 amide bonds. The Balaban J connectivity index is 2.04. The van der Waals surface area contributed by atoms with Gasteiger partial charge in [0, 0.05) is 11.0 Å². The average Bonchev–Trinajstić information content (AvgIpc) is 3.24. The fourth-order valence-electron chi connectivity index (χ4n) is 3.88. The summed E-state index contributed by atoms with van der Waals surface area (Å²) in [6.07, 6.45) is 0. The Hall–Kier alpha value is -1.90. The van der Waals surface area contributed by atoms with Crippen LogP contribution in [-0.2, 0) is 4.20 Å². The van der Waals surface area contributed by atoms with E-state index in [0.717, 1.165) is 28.4 Å². The zero-order valence-corrected chi connectivity index (χ0v) is 21.0. The lowest BCUT2D eigenvalue weighted by atomic mass is 10.1. The maximum Gasteiger partial charge on any atom is 0.203 e. The minimum atomic E-state index is -0.268. The molecule has 0 spiro atoms. The second kappa shape index (κ2) is 9.71. The summed E-state index contributed by atoms with van der Waals surface area (Å²) >= 11 is 3.82. The molecule has 2 aromatic carbocycles. The highest BCUT2D eigenvalue weighted by molar-refractivity contribution is 8.20. The molecule has 0 N–H and O–H groups in total. The Labute approximate surface area is 193 Å². The topological polar surface area (TPSA) is 49.4 Å². The molecule has 0 aromatic heterocycles. The number of rotatable bonds is 8. The van der Waals surface area contributed by atoms with Gasteiger partial charge in [-0.05, 0) is 62.0 Å². The van der Waals surface area contributed by atoms with E-state index in [1.165, 1.54) is 5.56 Å². The van der Waals surface area contributed by atoms with Crippen molar-refractivity contribution < 1.29 is 23.7 Å². The average molecular weight is 466 g/mol. The van der Waals surface area contributed by atoms with Gasteiger partial charge in [-0.2, -0.15) is 0 Å². The van der Waals surface area contributed by atoms with E-state index in [-0.39, 0.29) is 9.45 Å². The number of hydrogen-bond acceptors (Lipinski definition) is 8. The number of thioether (sulfide) groups is 2. The molecule has 1 heterocycles. The zero-order chi connectivity index (χ0) is 22.8. The van der Waals surface area contributed by atoms with Crippen molar-refractivity contribution in [3.05, 3.63) is 41.0 Å². The molecule has 2 aromatic rings. The van der Waals surface area contributed by atoms with Crippen molar-refractivity contribution in [3.8, 4) is 28.7 Å². The van der Waals surface area contributed by atoms with Crippen LogP contribution >= 0.6 is 23.5 Å². The molecule has 31 heavy (non-hydrogen) atoms. The van der Waals surface area contributed by atoms with Crippen LogP contribution in [0.3, 0.4) is 0 Å². The van der Waals surface area contributed by atoms with Crippen LogP contribution in [0.1, 0.15) is 21.9 Å². The zero-order valence-electron chi connectivity index (χ0n) is 19.4. The van der Waals surface area contributed by atoms with E-state index >= 15 is 0 Å². The molecule has 1 fully saturated rings. The molecule has 6 nitrogen and oxygen atoms in total. The largest absolute Gasteiger partial charge is 0.493 e. The van der Waals surface area contributed by atoms with Gasteiger partial charge in [0.1, 0.15) is 4.20 Å². The van der Waals surface area contributed by atoms with Gasteiger partial charge in [-0.25, -0.2) is 0 Å². The van der Waals surface area contributed by atoms with Gasteiger partial charge < -0.3 is 23.7 Å². The van der Waals surface area contributed by atoms with Gasteiger partial charge in [-0.15, -0.1) is 23.5 Å². The first-order valence-electron chi connectivity index (χ1n) is 9.87. The molecule has 1 aliphatic heterocycles. The second-order valence-electron chi connectivity index (χ2n) is 7.38. The summed E-state index contributed by atoms with van der Waals surface area (Å²) in [4.78, 5) is 2.26. The summed E-state index contributed by atoms with van der Waals surface area (Å²) in [5.41, 5.74) is 3.38. The highest BCUT2D eigenvalue weighted by Crippen LogP contribution is 2.62. The van der Waals surface area contributed by atoms with E-state index in [4.69, 9.17) is 23.7 Å². The Bertz CT molecular complexity index is 911. The van der Waals surface area contributed by atoms with Crippen molar-refractivity contribution in [1.29, 1.82) is 0 Å². The lowest BCUT2D eigenvalue weighted by Crippen LogP contribution is -2.33. The highest BCUT2D eigenvalue weighted by Gasteiger charge is 2.45. The summed E-state index contributed by atoms with van der Waals surface area (Å²) in [5, 5.41) is 0.245. The molecule has 2 unspecified atom stereocenters. The quantitative estimate of drug-likeness (QED) is 0.544. The molecule has 170 valence electrons. The molecule has 0 saturated carbocycles. The fraction of sp³-hybridized carbons (Fsp3) is 0.478. The maximum absolute atomic E-state index is 5.63. The van der Waals surface area contributed by atoms with E-state index in [9.17, 15) is 0 Å². The van der Waals surface area contributed by atoms with Crippen molar-refractivity contribution in [1.82, 2.24) is 4.90 Å². The van der Waals surface area contributed by atoms with Crippen molar-refractivity contribution in [2.75, 3.05) is 55.4 Å². The van der Waals surface area contributed by atoms with E-state index < -0.39 is 0 Å². The third-order valence-electron chi connectivity index (χ3n) is 5.41. The van der Waals surface area contributed by atoms with Gasteiger partial charge in [-0.1, -0.05) is 0 Å². The third-order valence-corrected chi connectivity index (χ3v) is 9.40. The summed E-state index contributed by atoms with van der Waals surface area (Å²) < 4.78 is 27.5. The minimum absolute atomic E-state index is 0.245. The van der Waals surface area contributed by atoms with E-state index in [1.54, 1.807) is 35.5 Å². The van der Waals surface area contributed by atoms with E-state index in [1.807, 2.05) is 35.7 Å². The Morgan fingerprint density at radius 3 is 1.84 bits per heavy atom. The maximum atomic E-state index is 5.63. The molecule has 8 heteroatoms. The van der Waals surface area contributed by atoms with Crippen molar-refractivity contribution in [2.24, 2.45) is 0 Å². The third kappa shape index (κ3) is 4.25. The summed E-state index contributed by atoms with van der Waals surface area (Å²) in [6.45, 7) is 2.05. The van der Waals surface area contributed by atoms with Crippen LogP contribution in [0.2, 0.25) is 0 Å². The van der Waals surface area contributed by atoms with Crippen LogP contribution in [0.25, 0.3) is 0 Å². The Kier molecular flexibility index (Phi) is 7.44. The molecular formula is C23H31NO5S2. The van der Waals surface area contributed by atoms with Crippen LogP contribution in [0.5, 0.6) is 28.7 Å². The van der Waals surface area contributed by atoms with Crippen LogP contribution < -0.4 is 23.7 Å². The molecule has 0 bridgehead atoms. The van der Waals surface area contributed by atoms with Crippen LogP contribution in [0.15, 0.2) is 24.3 Å². The minimum Gasteiger partial charge on any atom is -0.493 e. The summed E-state index contributed by atoms with van der Waals surface area (Å²) in [7, 11) is 12.5. The van der Waals surface area contributed by atoms with Crippen LogP contribution in [0, 0.1) is 6.92 Å². The SMILES string of the molecule is COc1cc(C2(N(C)C)SCC(c3cc(OC)c(OC)c(OC)c3)S2)cc(C)c1OC. The van der Waals surface area contributed by atoms with Crippen LogP contribution in [0.4, 0.5) is 0 Å². The summed E-state index contributed by atoms with van der Waals surface area (Å²) in [6, 6.07) is 8.37. The predicted molar refractivity (Wildman–Crippen MR) is 129 cm³/mol. The first kappa shape index (κ1) is 23.8. The van der Waals surface area contributed by atoms with Gasteiger partial charge >= 0.3 is 0 Å². The molecular weight excluding hydrogens is 434 g/mol. The molecule has 0 radical (unpaired) electrons. The number of aryl methyl sites for hydroxylation is 1. The molecule has 1 aliphatic rings. The van der Waals surface area contributed by atoms with Crippen molar-refractivity contribution >= 4 is 23.5 Å². The lowest BCUT2D eigenvalue weighted by Gasteiger charge is -2.36. The highest BCUT2D eigenvalue weighted by atomic mass is 32.2. The number of ether oxygens (including phenoxy) is 5. The van der Waals surface area contributed by atoms with Gasteiger partial charge in [-0.3, -0.25) is 4.90 Å². The summed E-state index contributed by atoms with van der Waals surface area (Å²) in [5.74, 6) is 4.41. The molecule has 1 saturated heterocycles. The Morgan fingerprint density at radius 1 is 0.806 bits per heavy atom. The van der Waals surface area contributed by atoms with E-state index in [0.29, 0.717) is 17.2 Å². The molecule has 3 rings (SSSR count). The normalized spacial score (nSPS) is 20.6. The Morgan fingerprint density at radius 2 is 1.35 bits per heavy atom. The molecule has 2 atom stereocenters. The first-order chi connectivity index (χ1) is 14.8. The first-order valence-corrected chi connectivity index (χ1v) is 11.7. The number of methoxy groups -OCH3 is 5. The van der Waals surface area contributed by atoms with Gasteiger partial charge in [0.2, 0.25) is 5.75 Å². The van der Waals surface area contributed by atoms with Crippen LogP contribution in [-0.4, -0.2) is 60.3 Å². The van der Waals surface area contributed by atoms with E-state index in [2.05, 4.69) is 38.1 Å².